The molecule has 1 aromatic carbocycles. The lowest BCUT2D eigenvalue weighted by Crippen LogP contribution is -1.95. The summed E-state index contributed by atoms with van der Waals surface area (Å²) in [4.78, 5) is 14.8. The Morgan fingerprint density at radius 3 is 2.93 bits per heavy atom. The molecule has 2 aromatic rings. The molecule has 0 unspecified atom stereocenters. The molecule has 0 spiro atoms. The second kappa shape index (κ2) is 4.09. The number of fused-ring (bicyclic) bond motifs is 1. The Morgan fingerprint density at radius 1 is 1.33 bits per heavy atom. The van der Waals surface area contributed by atoms with E-state index < -0.39 is 0 Å². The van der Waals surface area contributed by atoms with Gasteiger partial charge in [0.15, 0.2) is 6.29 Å². The lowest BCUT2D eigenvalue weighted by atomic mass is 10.2. The fourth-order valence-electron chi connectivity index (χ4n) is 1.47. The molecule has 0 aliphatic carbocycles. The molecule has 1 heterocycles. The van der Waals surface area contributed by atoms with Crippen molar-refractivity contribution in [2.75, 3.05) is 6.61 Å². The fraction of sp³-hybridized carbons (Fsp3) is 0.167. The van der Waals surface area contributed by atoms with E-state index >= 15 is 0 Å². The summed E-state index contributed by atoms with van der Waals surface area (Å²) in [7, 11) is 0. The number of hydrogen-bond donors (Lipinski definition) is 0. The number of aromatic nitrogens is 1. The van der Waals surface area contributed by atoms with Crippen molar-refractivity contribution in [2.24, 2.45) is 0 Å². The van der Waals surface area contributed by atoms with E-state index in [4.69, 9.17) is 4.74 Å². The second-order valence-electron chi connectivity index (χ2n) is 3.11. The third-order valence-corrected chi connectivity index (χ3v) is 2.13. The Kier molecular flexibility index (Phi) is 2.63. The molecule has 0 fully saturated rings. The first-order valence-electron chi connectivity index (χ1n) is 4.83. The van der Waals surface area contributed by atoms with Crippen LogP contribution >= 0.6 is 0 Å². The predicted molar refractivity (Wildman–Crippen MR) is 58.3 cm³/mol. The van der Waals surface area contributed by atoms with Crippen LogP contribution in [-0.2, 0) is 0 Å². The third kappa shape index (κ3) is 1.81. The van der Waals surface area contributed by atoms with Gasteiger partial charge in [0.25, 0.3) is 0 Å². The Morgan fingerprint density at radius 2 is 2.20 bits per heavy atom. The van der Waals surface area contributed by atoms with Crippen molar-refractivity contribution in [1.82, 2.24) is 4.98 Å². The van der Waals surface area contributed by atoms with E-state index in [1.54, 1.807) is 6.07 Å². The van der Waals surface area contributed by atoms with Crippen molar-refractivity contribution in [2.45, 2.75) is 6.92 Å². The zero-order valence-corrected chi connectivity index (χ0v) is 8.43. The van der Waals surface area contributed by atoms with Crippen LogP contribution in [0.2, 0.25) is 0 Å². The highest BCUT2D eigenvalue weighted by Crippen LogP contribution is 2.23. The van der Waals surface area contributed by atoms with Gasteiger partial charge in [0.1, 0.15) is 17.0 Å². The summed E-state index contributed by atoms with van der Waals surface area (Å²) in [6.45, 7) is 2.51. The van der Waals surface area contributed by atoms with Gasteiger partial charge < -0.3 is 4.74 Å². The lowest BCUT2D eigenvalue weighted by molar-refractivity contribution is 0.111. The highest BCUT2D eigenvalue weighted by Gasteiger charge is 2.03. The summed E-state index contributed by atoms with van der Waals surface area (Å²) in [5, 5.41) is 0.978. The molecular formula is C12H11NO2. The number of nitrogens with zero attached hydrogens (tertiary/aromatic N) is 1. The topological polar surface area (TPSA) is 39.2 Å². The van der Waals surface area contributed by atoms with Gasteiger partial charge in [-0.2, -0.15) is 0 Å². The van der Waals surface area contributed by atoms with Crippen molar-refractivity contribution in [3.05, 3.63) is 36.0 Å². The Labute approximate surface area is 87.7 Å². The van der Waals surface area contributed by atoms with Gasteiger partial charge >= 0.3 is 0 Å². The molecule has 0 saturated carbocycles. The molecule has 0 amide bonds. The molecule has 1 aromatic heterocycles. The second-order valence-corrected chi connectivity index (χ2v) is 3.11. The Hall–Kier alpha value is -1.90. The molecule has 0 aliphatic heterocycles. The van der Waals surface area contributed by atoms with Gasteiger partial charge in [0.2, 0.25) is 0 Å². The molecule has 3 nitrogen and oxygen atoms in total. The van der Waals surface area contributed by atoms with Gasteiger partial charge in [-0.1, -0.05) is 18.2 Å². The number of pyridine rings is 1. The summed E-state index contributed by atoms with van der Waals surface area (Å²) < 4.78 is 5.44. The fourth-order valence-corrected chi connectivity index (χ4v) is 1.47. The van der Waals surface area contributed by atoms with E-state index in [2.05, 4.69) is 4.98 Å². The summed E-state index contributed by atoms with van der Waals surface area (Å²) in [5.41, 5.74) is 1.17. The van der Waals surface area contributed by atoms with E-state index in [9.17, 15) is 4.79 Å². The lowest BCUT2D eigenvalue weighted by Gasteiger charge is -2.06. The Balaban J connectivity index is 2.64. The highest BCUT2D eigenvalue weighted by atomic mass is 16.5. The minimum absolute atomic E-state index is 0.426. The van der Waals surface area contributed by atoms with E-state index in [1.807, 2.05) is 31.2 Å². The van der Waals surface area contributed by atoms with E-state index in [0.717, 1.165) is 22.9 Å². The normalized spacial score (nSPS) is 10.2. The summed E-state index contributed by atoms with van der Waals surface area (Å²) in [6, 6.07) is 9.28. The number of hydrogen-bond acceptors (Lipinski definition) is 3. The van der Waals surface area contributed by atoms with E-state index in [1.165, 1.54) is 0 Å². The predicted octanol–water partition coefficient (Wildman–Crippen LogP) is 2.45. The number of carbonyl (C=O) groups excluding carboxylic acids is 1. The minimum Gasteiger partial charge on any atom is -0.492 e. The van der Waals surface area contributed by atoms with Crippen molar-refractivity contribution in [3.8, 4) is 5.75 Å². The molecule has 2 rings (SSSR count). The molecule has 0 saturated heterocycles. The zero-order valence-electron chi connectivity index (χ0n) is 8.43. The maximum absolute atomic E-state index is 10.6. The number of aldehydes is 1. The van der Waals surface area contributed by atoms with Crippen LogP contribution in [0, 0.1) is 0 Å². The quantitative estimate of drug-likeness (QED) is 0.716. The van der Waals surface area contributed by atoms with Crippen molar-refractivity contribution in [3.63, 3.8) is 0 Å². The Bertz CT molecular complexity index is 494. The first kappa shape index (κ1) is 9.65. The highest BCUT2D eigenvalue weighted by molar-refractivity contribution is 5.87. The molecule has 15 heavy (non-hydrogen) atoms. The first-order chi connectivity index (χ1) is 7.35. The number of carbonyl (C=O) groups is 1. The number of para-hydroxylation sites is 1. The summed E-state index contributed by atoms with van der Waals surface area (Å²) in [5.74, 6) is 0.721. The van der Waals surface area contributed by atoms with Crippen LogP contribution in [0.25, 0.3) is 10.9 Å². The van der Waals surface area contributed by atoms with Crippen molar-refractivity contribution in [1.29, 1.82) is 0 Å². The smallest absolute Gasteiger partial charge is 0.168 e. The molecule has 0 aliphatic rings. The average Bonchev–Trinajstić information content (AvgIpc) is 2.29. The average molecular weight is 201 g/mol. The molecule has 0 atom stereocenters. The van der Waals surface area contributed by atoms with Crippen LogP contribution in [-0.4, -0.2) is 17.9 Å². The molecular weight excluding hydrogens is 190 g/mol. The van der Waals surface area contributed by atoms with Gasteiger partial charge in [-0.05, 0) is 19.1 Å². The largest absolute Gasteiger partial charge is 0.492 e. The van der Waals surface area contributed by atoms with Gasteiger partial charge in [-0.3, -0.25) is 4.79 Å². The minimum atomic E-state index is 0.426. The molecule has 0 N–H and O–H groups in total. The van der Waals surface area contributed by atoms with E-state index in [-0.39, 0.29) is 0 Å². The van der Waals surface area contributed by atoms with Crippen LogP contribution in [0.4, 0.5) is 0 Å². The van der Waals surface area contributed by atoms with Crippen LogP contribution in [0.5, 0.6) is 5.75 Å². The number of benzene rings is 1. The number of rotatable bonds is 3. The third-order valence-electron chi connectivity index (χ3n) is 2.13. The molecule has 76 valence electrons. The van der Waals surface area contributed by atoms with Crippen LogP contribution in [0.1, 0.15) is 17.4 Å². The van der Waals surface area contributed by atoms with Gasteiger partial charge in [-0.25, -0.2) is 4.98 Å². The summed E-state index contributed by atoms with van der Waals surface area (Å²) in [6.07, 6.45) is 0.738. The van der Waals surface area contributed by atoms with E-state index in [0.29, 0.717) is 12.3 Å². The van der Waals surface area contributed by atoms with Crippen molar-refractivity contribution >= 4 is 17.2 Å². The first-order valence-corrected chi connectivity index (χ1v) is 4.83. The summed E-state index contributed by atoms with van der Waals surface area (Å²) >= 11 is 0. The molecule has 3 heteroatoms. The van der Waals surface area contributed by atoms with Crippen LogP contribution in [0.3, 0.4) is 0 Å². The van der Waals surface area contributed by atoms with Gasteiger partial charge in [0, 0.05) is 5.39 Å². The maximum atomic E-state index is 10.6. The maximum Gasteiger partial charge on any atom is 0.168 e. The standard InChI is InChI=1S/C12H11NO2/c1-2-15-11-5-3-4-9-6-7-10(8-14)13-12(9)11/h3-8H,2H2,1H3. The molecule has 0 radical (unpaired) electrons. The van der Waals surface area contributed by atoms with Gasteiger partial charge in [0.05, 0.1) is 6.61 Å². The monoisotopic (exact) mass is 201 g/mol. The molecule has 0 bridgehead atoms. The van der Waals surface area contributed by atoms with Crippen molar-refractivity contribution < 1.29 is 9.53 Å². The SMILES string of the molecule is CCOc1cccc2ccc(C=O)nc12. The van der Waals surface area contributed by atoms with Gasteiger partial charge in [-0.15, -0.1) is 0 Å². The van der Waals surface area contributed by atoms with Crippen LogP contribution < -0.4 is 4.74 Å². The van der Waals surface area contributed by atoms with Crippen LogP contribution in [0.15, 0.2) is 30.3 Å². The number of ether oxygens (including phenoxy) is 1. The zero-order chi connectivity index (χ0) is 10.7.